The van der Waals surface area contributed by atoms with Crippen LogP contribution in [-0.2, 0) is 14.2 Å². The molecule has 4 atom stereocenters. The highest BCUT2D eigenvalue weighted by Crippen LogP contribution is 2.57. The van der Waals surface area contributed by atoms with Gasteiger partial charge in [0.05, 0.1) is 12.9 Å². The van der Waals surface area contributed by atoms with E-state index < -0.39 is 18.1 Å². The van der Waals surface area contributed by atoms with Gasteiger partial charge in [-0.2, -0.15) is 0 Å². The molecule has 7 fully saturated rings. The molecule has 2 aliphatic heterocycles. The molecule has 0 unspecified atom stereocenters. The van der Waals surface area contributed by atoms with Gasteiger partial charge in [-0.05, 0) is 69.1 Å². The van der Waals surface area contributed by atoms with Crippen molar-refractivity contribution in [2.75, 3.05) is 11.9 Å². The standard InChI is InChI=1S/C26H35N5O4/c32-12-18-20-21(35-26(34-20)4-2-1-3-5-26)24(33-18)31-14-29-19-22(27-13-28-23(19)31)30-25-9-15-6-16(10-25)8-17(7-15)11-25/h13-18,20-21,24,32H,1-12H2,(H,27,28,30)/t15?,16?,17?,18-,20-,21-,24-,25?/m1/s1. The molecule has 1 spiro atoms. The van der Waals surface area contributed by atoms with E-state index in [-0.39, 0.29) is 24.4 Å². The maximum Gasteiger partial charge on any atom is 0.169 e. The van der Waals surface area contributed by atoms with Crippen molar-refractivity contribution in [2.24, 2.45) is 17.8 Å². The molecule has 9 heteroatoms. The second-order valence-corrected chi connectivity index (χ2v) is 12.3. The van der Waals surface area contributed by atoms with Crippen LogP contribution in [0.3, 0.4) is 0 Å². The molecule has 188 valence electrons. The van der Waals surface area contributed by atoms with Crippen molar-refractivity contribution in [3.63, 3.8) is 0 Å². The van der Waals surface area contributed by atoms with Crippen LogP contribution in [-0.4, -0.2) is 60.9 Å². The highest BCUT2D eigenvalue weighted by atomic mass is 16.8. The third-order valence-corrected chi connectivity index (χ3v) is 9.84. The highest BCUT2D eigenvalue weighted by Gasteiger charge is 2.59. The van der Waals surface area contributed by atoms with Gasteiger partial charge in [0.2, 0.25) is 0 Å². The third kappa shape index (κ3) is 3.24. The van der Waals surface area contributed by atoms with E-state index in [0.717, 1.165) is 60.4 Å². The fourth-order valence-corrected chi connectivity index (χ4v) is 8.84. The monoisotopic (exact) mass is 481 g/mol. The quantitative estimate of drug-likeness (QED) is 0.684. The first-order valence-corrected chi connectivity index (χ1v) is 13.7. The van der Waals surface area contributed by atoms with Crippen molar-refractivity contribution in [3.8, 4) is 0 Å². The van der Waals surface area contributed by atoms with E-state index in [9.17, 15) is 5.11 Å². The molecule has 2 aromatic rings. The third-order valence-electron chi connectivity index (χ3n) is 9.84. The van der Waals surface area contributed by atoms with Crippen LogP contribution in [0.5, 0.6) is 0 Å². The van der Waals surface area contributed by atoms with Gasteiger partial charge in [0.15, 0.2) is 29.0 Å². The number of imidazole rings is 1. The number of aromatic nitrogens is 4. The average molecular weight is 482 g/mol. The Morgan fingerprint density at radius 2 is 1.66 bits per heavy atom. The molecule has 2 saturated heterocycles. The van der Waals surface area contributed by atoms with Gasteiger partial charge < -0.3 is 24.6 Å². The van der Waals surface area contributed by atoms with Gasteiger partial charge in [-0.1, -0.05) is 6.42 Å². The van der Waals surface area contributed by atoms with E-state index in [1.807, 2.05) is 4.57 Å². The molecule has 5 saturated carbocycles. The second kappa shape index (κ2) is 7.60. The van der Waals surface area contributed by atoms with Gasteiger partial charge in [-0.25, -0.2) is 15.0 Å². The van der Waals surface area contributed by atoms with Crippen molar-refractivity contribution in [3.05, 3.63) is 12.7 Å². The van der Waals surface area contributed by atoms with Gasteiger partial charge in [0.1, 0.15) is 24.6 Å². The van der Waals surface area contributed by atoms with Crippen molar-refractivity contribution in [1.29, 1.82) is 0 Å². The fourth-order valence-electron chi connectivity index (χ4n) is 8.84. The van der Waals surface area contributed by atoms with Crippen LogP contribution >= 0.6 is 0 Å². The lowest BCUT2D eigenvalue weighted by molar-refractivity contribution is -0.232. The van der Waals surface area contributed by atoms with E-state index >= 15 is 0 Å². The number of aliphatic hydroxyl groups is 1. The van der Waals surface area contributed by atoms with Gasteiger partial charge in [-0.15, -0.1) is 0 Å². The number of rotatable bonds is 4. The lowest BCUT2D eigenvalue weighted by Gasteiger charge is -2.57. The number of hydrogen-bond donors (Lipinski definition) is 2. The molecule has 0 radical (unpaired) electrons. The van der Waals surface area contributed by atoms with Crippen molar-refractivity contribution < 1.29 is 19.3 Å². The predicted molar refractivity (Wildman–Crippen MR) is 126 cm³/mol. The Kier molecular flexibility index (Phi) is 4.62. The molecule has 2 N–H and O–H groups in total. The number of anilines is 1. The predicted octanol–water partition coefficient (Wildman–Crippen LogP) is 3.54. The van der Waals surface area contributed by atoms with E-state index in [0.29, 0.717) is 0 Å². The first kappa shape index (κ1) is 21.3. The van der Waals surface area contributed by atoms with Crippen LogP contribution in [0.1, 0.15) is 76.9 Å². The van der Waals surface area contributed by atoms with Crippen molar-refractivity contribution in [1.82, 2.24) is 19.5 Å². The van der Waals surface area contributed by atoms with Crippen LogP contribution in [0.25, 0.3) is 11.2 Å². The maximum absolute atomic E-state index is 10.0. The molecular formula is C26H35N5O4. The molecule has 4 bridgehead atoms. The van der Waals surface area contributed by atoms with Crippen molar-refractivity contribution >= 4 is 17.0 Å². The Bertz CT molecular complexity index is 1090. The summed E-state index contributed by atoms with van der Waals surface area (Å²) in [4.78, 5) is 14.0. The molecule has 9 rings (SSSR count). The van der Waals surface area contributed by atoms with Gasteiger partial charge in [0, 0.05) is 18.4 Å². The summed E-state index contributed by atoms with van der Waals surface area (Å²) in [6.07, 6.45) is 15.2. The number of hydrogen-bond acceptors (Lipinski definition) is 8. The van der Waals surface area contributed by atoms with Crippen LogP contribution in [0.2, 0.25) is 0 Å². The minimum Gasteiger partial charge on any atom is -0.394 e. The summed E-state index contributed by atoms with van der Waals surface area (Å²) in [6, 6.07) is 0. The molecule has 2 aromatic heterocycles. The summed E-state index contributed by atoms with van der Waals surface area (Å²) < 4.78 is 21.3. The molecule has 5 aliphatic carbocycles. The molecule has 0 aromatic carbocycles. The topological polar surface area (TPSA) is 104 Å². The lowest BCUT2D eigenvalue weighted by Crippen LogP contribution is -2.54. The molecule has 0 amide bonds. The summed E-state index contributed by atoms with van der Waals surface area (Å²) in [6.45, 7) is -0.0997. The largest absolute Gasteiger partial charge is 0.394 e. The number of nitrogens with zero attached hydrogens (tertiary/aromatic N) is 4. The fraction of sp³-hybridized carbons (Fsp3) is 0.808. The zero-order chi connectivity index (χ0) is 23.2. The van der Waals surface area contributed by atoms with Crippen molar-refractivity contribution in [2.45, 2.75) is 106 Å². The molecule has 4 heterocycles. The summed E-state index contributed by atoms with van der Waals surface area (Å²) in [5.41, 5.74) is 1.66. The summed E-state index contributed by atoms with van der Waals surface area (Å²) >= 11 is 0. The second-order valence-electron chi connectivity index (χ2n) is 12.3. The highest BCUT2D eigenvalue weighted by molar-refractivity contribution is 5.83. The Hall–Kier alpha value is -1.81. The molecule has 9 nitrogen and oxygen atoms in total. The molecule has 35 heavy (non-hydrogen) atoms. The van der Waals surface area contributed by atoms with E-state index in [1.165, 1.54) is 44.9 Å². The normalized spacial score (nSPS) is 43.3. The van der Waals surface area contributed by atoms with Crippen LogP contribution in [0.15, 0.2) is 12.7 Å². The zero-order valence-electron chi connectivity index (χ0n) is 20.1. The first-order valence-electron chi connectivity index (χ1n) is 13.7. The van der Waals surface area contributed by atoms with Crippen LogP contribution in [0.4, 0.5) is 5.82 Å². The minimum atomic E-state index is -0.542. The number of ether oxygens (including phenoxy) is 3. The summed E-state index contributed by atoms with van der Waals surface area (Å²) in [5, 5.41) is 13.9. The number of fused-ring (bicyclic) bond motifs is 2. The maximum atomic E-state index is 10.0. The number of aliphatic hydroxyl groups excluding tert-OH is 1. The Morgan fingerprint density at radius 3 is 2.37 bits per heavy atom. The Labute approximate surface area is 205 Å². The van der Waals surface area contributed by atoms with Gasteiger partial charge in [0.25, 0.3) is 0 Å². The average Bonchev–Trinajstić information content (AvgIpc) is 3.51. The first-order chi connectivity index (χ1) is 17.1. The van der Waals surface area contributed by atoms with Crippen LogP contribution < -0.4 is 5.32 Å². The lowest BCUT2D eigenvalue weighted by atomic mass is 9.53. The minimum absolute atomic E-state index is 0.0997. The van der Waals surface area contributed by atoms with E-state index in [4.69, 9.17) is 19.2 Å². The zero-order valence-corrected chi connectivity index (χ0v) is 20.1. The Morgan fingerprint density at radius 1 is 0.943 bits per heavy atom. The van der Waals surface area contributed by atoms with Gasteiger partial charge in [-0.3, -0.25) is 4.57 Å². The summed E-state index contributed by atoms with van der Waals surface area (Å²) in [5.74, 6) is 2.86. The smallest absolute Gasteiger partial charge is 0.169 e. The SMILES string of the molecule is OC[C@H]1O[C@@H](n2cnc3c(NC45CC6CC(CC(C6)C4)C5)ncnc32)[C@@H]2OC3(CCCCC3)O[C@@H]21. The Balaban J connectivity index is 1.11. The van der Waals surface area contributed by atoms with Crippen LogP contribution in [0, 0.1) is 17.8 Å². The molecule has 7 aliphatic rings. The molecular weight excluding hydrogens is 446 g/mol. The van der Waals surface area contributed by atoms with E-state index in [2.05, 4.69) is 15.3 Å². The van der Waals surface area contributed by atoms with Gasteiger partial charge >= 0.3 is 0 Å². The number of nitrogens with one attached hydrogen (secondary N) is 1. The van der Waals surface area contributed by atoms with E-state index in [1.54, 1.807) is 12.7 Å². The summed E-state index contributed by atoms with van der Waals surface area (Å²) in [7, 11) is 0.